The molecule has 1 rings (SSSR count). The topological polar surface area (TPSA) is 57.6 Å². The Bertz CT molecular complexity index is 395. The molecule has 1 saturated heterocycles. The van der Waals surface area contributed by atoms with Crippen molar-refractivity contribution in [1.82, 2.24) is 4.90 Å². The van der Waals surface area contributed by atoms with E-state index in [-0.39, 0.29) is 11.8 Å². The van der Waals surface area contributed by atoms with E-state index in [1.54, 1.807) is 13.8 Å². The van der Waals surface area contributed by atoms with Gasteiger partial charge in [0.05, 0.1) is 5.41 Å². The molecule has 4 nitrogen and oxygen atoms in total. The van der Waals surface area contributed by atoms with Crippen LogP contribution in [0.15, 0.2) is 0 Å². The number of unbranched alkanes of at least 4 members (excludes halogenated alkanes) is 2. The van der Waals surface area contributed by atoms with E-state index in [1.807, 2.05) is 4.90 Å². The number of rotatable bonds is 6. The summed E-state index contributed by atoms with van der Waals surface area (Å²) in [4.78, 5) is 25.3. The maximum absolute atomic E-state index is 12.1. The van der Waals surface area contributed by atoms with Gasteiger partial charge in [0.15, 0.2) is 0 Å². The standard InChI is InChI=1S/C16H25NO3/c1-4-5-6-7-10-14(18)17-11-8-9-13(12-17)16(2,3)15(19)20/h1,13H,5-12H2,2-3H3,(H,19,20). The molecule has 0 aromatic rings. The van der Waals surface area contributed by atoms with E-state index in [0.717, 1.165) is 32.2 Å². The second-order valence-electron chi connectivity index (χ2n) is 6.12. The van der Waals surface area contributed by atoms with Crippen LogP contribution in [-0.4, -0.2) is 35.0 Å². The predicted octanol–water partition coefficient (Wildman–Crippen LogP) is 2.53. The molecule has 112 valence electrons. The van der Waals surface area contributed by atoms with E-state index in [4.69, 9.17) is 6.42 Å². The molecule has 1 atom stereocenters. The van der Waals surface area contributed by atoms with Gasteiger partial charge in [-0.3, -0.25) is 9.59 Å². The van der Waals surface area contributed by atoms with Crippen molar-refractivity contribution in [3.05, 3.63) is 0 Å². The molecule has 1 heterocycles. The summed E-state index contributed by atoms with van der Waals surface area (Å²) in [6.45, 7) is 4.81. The molecule has 1 amide bonds. The van der Waals surface area contributed by atoms with Crippen LogP contribution in [0.2, 0.25) is 0 Å². The number of likely N-dealkylation sites (tertiary alicyclic amines) is 1. The maximum Gasteiger partial charge on any atom is 0.309 e. The monoisotopic (exact) mass is 279 g/mol. The number of hydrogen-bond donors (Lipinski definition) is 1. The Morgan fingerprint density at radius 1 is 1.40 bits per heavy atom. The lowest BCUT2D eigenvalue weighted by atomic mass is 9.74. The Morgan fingerprint density at radius 2 is 2.10 bits per heavy atom. The Morgan fingerprint density at radius 3 is 2.70 bits per heavy atom. The third-order valence-electron chi connectivity index (χ3n) is 4.31. The minimum atomic E-state index is -0.786. The molecule has 0 radical (unpaired) electrons. The van der Waals surface area contributed by atoms with E-state index < -0.39 is 11.4 Å². The molecule has 0 saturated carbocycles. The van der Waals surface area contributed by atoms with Crippen LogP contribution in [0.25, 0.3) is 0 Å². The first-order valence-corrected chi connectivity index (χ1v) is 7.34. The smallest absolute Gasteiger partial charge is 0.309 e. The number of terminal acetylenes is 1. The molecule has 1 aliphatic rings. The summed E-state index contributed by atoms with van der Waals surface area (Å²) in [5, 5.41) is 9.30. The largest absolute Gasteiger partial charge is 0.481 e. The quantitative estimate of drug-likeness (QED) is 0.600. The van der Waals surface area contributed by atoms with E-state index in [2.05, 4.69) is 5.92 Å². The average molecular weight is 279 g/mol. The van der Waals surface area contributed by atoms with Gasteiger partial charge in [0.2, 0.25) is 5.91 Å². The number of carboxylic acids is 1. The average Bonchev–Trinajstić information content (AvgIpc) is 2.43. The summed E-state index contributed by atoms with van der Waals surface area (Å²) in [6.07, 6.45) is 9.86. The highest BCUT2D eigenvalue weighted by atomic mass is 16.4. The highest BCUT2D eigenvalue weighted by molar-refractivity contribution is 5.77. The van der Waals surface area contributed by atoms with Crippen molar-refractivity contribution in [2.24, 2.45) is 11.3 Å². The second-order valence-corrected chi connectivity index (χ2v) is 6.12. The van der Waals surface area contributed by atoms with Gasteiger partial charge in [0, 0.05) is 25.9 Å². The van der Waals surface area contributed by atoms with Gasteiger partial charge in [-0.25, -0.2) is 0 Å². The van der Waals surface area contributed by atoms with Crippen LogP contribution in [-0.2, 0) is 9.59 Å². The fourth-order valence-corrected chi connectivity index (χ4v) is 2.63. The summed E-state index contributed by atoms with van der Waals surface area (Å²) in [6, 6.07) is 0. The molecule has 1 unspecified atom stereocenters. The van der Waals surface area contributed by atoms with Crippen LogP contribution in [0.1, 0.15) is 52.4 Å². The maximum atomic E-state index is 12.1. The number of nitrogens with zero attached hydrogens (tertiary/aromatic N) is 1. The van der Waals surface area contributed by atoms with Crippen LogP contribution in [0.5, 0.6) is 0 Å². The molecular formula is C16H25NO3. The van der Waals surface area contributed by atoms with E-state index >= 15 is 0 Å². The number of aliphatic carboxylic acids is 1. The Hall–Kier alpha value is -1.50. The lowest BCUT2D eigenvalue weighted by molar-refractivity contribution is -0.153. The second kappa shape index (κ2) is 7.33. The summed E-state index contributed by atoms with van der Waals surface area (Å²) in [7, 11) is 0. The normalized spacial score (nSPS) is 19.4. The van der Waals surface area contributed by atoms with Gasteiger partial charge in [-0.15, -0.1) is 12.3 Å². The Balaban J connectivity index is 2.50. The first-order valence-electron chi connectivity index (χ1n) is 7.34. The van der Waals surface area contributed by atoms with Crippen molar-refractivity contribution in [2.75, 3.05) is 13.1 Å². The fourth-order valence-electron chi connectivity index (χ4n) is 2.63. The molecule has 20 heavy (non-hydrogen) atoms. The van der Waals surface area contributed by atoms with Crippen molar-refractivity contribution in [3.8, 4) is 12.3 Å². The highest BCUT2D eigenvalue weighted by Crippen LogP contribution is 2.34. The zero-order valence-electron chi connectivity index (χ0n) is 12.5. The third kappa shape index (κ3) is 4.26. The number of carbonyl (C=O) groups is 2. The molecule has 1 aliphatic heterocycles. The number of carbonyl (C=O) groups excluding carboxylic acids is 1. The van der Waals surface area contributed by atoms with Crippen molar-refractivity contribution in [1.29, 1.82) is 0 Å². The third-order valence-corrected chi connectivity index (χ3v) is 4.31. The van der Waals surface area contributed by atoms with Gasteiger partial charge in [-0.1, -0.05) is 0 Å². The predicted molar refractivity (Wildman–Crippen MR) is 78.0 cm³/mol. The molecule has 0 aliphatic carbocycles. The SMILES string of the molecule is C#CCCCCC(=O)N1CCCC(C(C)(C)C(=O)O)C1. The van der Waals surface area contributed by atoms with Crippen LogP contribution in [0, 0.1) is 23.7 Å². The Kier molecular flexibility index (Phi) is 6.06. The van der Waals surface area contributed by atoms with Crippen LogP contribution < -0.4 is 0 Å². The molecule has 4 heteroatoms. The summed E-state index contributed by atoms with van der Waals surface area (Å²) in [5.74, 6) is 1.95. The molecule has 0 aromatic carbocycles. The summed E-state index contributed by atoms with van der Waals surface area (Å²) < 4.78 is 0. The first kappa shape index (κ1) is 16.6. The fraction of sp³-hybridized carbons (Fsp3) is 0.750. The molecule has 1 N–H and O–H groups in total. The van der Waals surface area contributed by atoms with Crippen molar-refractivity contribution < 1.29 is 14.7 Å². The van der Waals surface area contributed by atoms with Gasteiger partial charge in [0.25, 0.3) is 0 Å². The zero-order chi connectivity index (χ0) is 15.2. The minimum Gasteiger partial charge on any atom is -0.481 e. The number of amides is 1. The number of piperidine rings is 1. The molecule has 0 aromatic heterocycles. The van der Waals surface area contributed by atoms with Gasteiger partial charge >= 0.3 is 5.97 Å². The first-order chi connectivity index (χ1) is 9.39. The van der Waals surface area contributed by atoms with Crippen LogP contribution in [0.4, 0.5) is 0 Å². The van der Waals surface area contributed by atoms with Crippen molar-refractivity contribution in [3.63, 3.8) is 0 Å². The molecule has 0 spiro atoms. The van der Waals surface area contributed by atoms with Crippen LogP contribution >= 0.6 is 0 Å². The molecule has 1 fully saturated rings. The van der Waals surface area contributed by atoms with Gasteiger partial charge < -0.3 is 10.0 Å². The lowest BCUT2D eigenvalue weighted by Crippen LogP contribution is -2.46. The summed E-state index contributed by atoms with van der Waals surface area (Å²) in [5.41, 5.74) is -0.775. The van der Waals surface area contributed by atoms with Gasteiger partial charge in [-0.05, 0) is 45.4 Å². The minimum absolute atomic E-state index is 0.0309. The number of hydrogen-bond acceptors (Lipinski definition) is 2. The van der Waals surface area contributed by atoms with Crippen molar-refractivity contribution in [2.45, 2.75) is 52.4 Å². The summed E-state index contributed by atoms with van der Waals surface area (Å²) >= 11 is 0. The highest BCUT2D eigenvalue weighted by Gasteiger charge is 2.39. The zero-order valence-corrected chi connectivity index (χ0v) is 12.5. The Labute approximate surface area is 121 Å². The van der Waals surface area contributed by atoms with E-state index in [9.17, 15) is 14.7 Å². The van der Waals surface area contributed by atoms with Gasteiger partial charge in [-0.2, -0.15) is 0 Å². The number of carboxylic acid groups (broad SMARTS) is 1. The van der Waals surface area contributed by atoms with Crippen molar-refractivity contribution >= 4 is 11.9 Å². The van der Waals surface area contributed by atoms with E-state index in [0.29, 0.717) is 19.4 Å². The molecule has 0 bridgehead atoms. The lowest BCUT2D eigenvalue weighted by Gasteiger charge is -2.39. The molecular weight excluding hydrogens is 254 g/mol. The van der Waals surface area contributed by atoms with Gasteiger partial charge in [0.1, 0.15) is 0 Å². The van der Waals surface area contributed by atoms with E-state index in [1.165, 1.54) is 0 Å². The van der Waals surface area contributed by atoms with Crippen LogP contribution in [0.3, 0.4) is 0 Å².